The number of hydrogen-bond donors (Lipinski definition) is 2. The maximum absolute atomic E-state index is 12.4. The summed E-state index contributed by atoms with van der Waals surface area (Å²) >= 11 is 0. The molecular weight excluding hydrogens is 232 g/mol. The first-order valence-corrected chi connectivity index (χ1v) is 6.67. The summed E-state index contributed by atoms with van der Waals surface area (Å²) in [5.74, 6) is 0.101. The van der Waals surface area contributed by atoms with Crippen LogP contribution in [-0.2, 0) is 14.3 Å². The van der Waals surface area contributed by atoms with Gasteiger partial charge in [0.25, 0.3) is 0 Å². The van der Waals surface area contributed by atoms with E-state index in [1.54, 1.807) is 14.2 Å². The van der Waals surface area contributed by atoms with Crippen molar-refractivity contribution in [2.45, 2.75) is 45.4 Å². The maximum Gasteiger partial charge on any atom is 0.227 e. The number of nitrogens with one attached hydrogen (secondary N) is 2. The van der Waals surface area contributed by atoms with Crippen molar-refractivity contribution in [1.29, 1.82) is 0 Å². The Kier molecular flexibility index (Phi) is 6.05. The van der Waals surface area contributed by atoms with Crippen LogP contribution in [0.5, 0.6) is 0 Å². The molecule has 1 rings (SSSR count). The van der Waals surface area contributed by atoms with Gasteiger partial charge >= 0.3 is 0 Å². The largest absolute Gasteiger partial charge is 0.354 e. The first kappa shape index (κ1) is 15.4. The third-order valence-electron chi connectivity index (χ3n) is 3.86. The number of amides is 1. The van der Waals surface area contributed by atoms with Crippen LogP contribution < -0.4 is 10.6 Å². The summed E-state index contributed by atoms with van der Waals surface area (Å²) in [7, 11) is 3.16. The molecule has 1 aliphatic heterocycles. The molecule has 0 aromatic rings. The van der Waals surface area contributed by atoms with E-state index in [9.17, 15) is 4.79 Å². The first-order valence-electron chi connectivity index (χ1n) is 6.67. The smallest absolute Gasteiger partial charge is 0.227 e. The van der Waals surface area contributed by atoms with Gasteiger partial charge in [0.15, 0.2) is 6.29 Å². The quantitative estimate of drug-likeness (QED) is 0.695. The van der Waals surface area contributed by atoms with Crippen LogP contribution in [0.4, 0.5) is 0 Å². The molecule has 2 N–H and O–H groups in total. The molecule has 0 bridgehead atoms. The van der Waals surface area contributed by atoms with Crippen molar-refractivity contribution in [3.05, 3.63) is 0 Å². The number of methoxy groups -OCH3 is 2. The van der Waals surface area contributed by atoms with Crippen LogP contribution in [0.2, 0.25) is 0 Å². The molecule has 0 aromatic heterocycles. The van der Waals surface area contributed by atoms with Gasteiger partial charge in [-0.3, -0.25) is 4.79 Å². The van der Waals surface area contributed by atoms with Crippen LogP contribution in [-0.4, -0.2) is 45.5 Å². The van der Waals surface area contributed by atoms with E-state index in [0.717, 1.165) is 32.4 Å². The number of rotatable bonds is 6. The zero-order chi connectivity index (χ0) is 13.6. The standard InChI is InChI=1S/C13H26N2O3/c1-5-13(7-6-8-14-9-13)12(16)15-10(2)11(17-3)18-4/h10-11,14H,5-9H2,1-4H3,(H,15,16). The zero-order valence-corrected chi connectivity index (χ0v) is 11.9. The summed E-state index contributed by atoms with van der Waals surface area (Å²) in [6, 6.07) is -0.155. The Morgan fingerprint density at radius 2 is 2.11 bits per heavy atom. The van der Waals surface area contributed by atoms with E-state index in [2.05, 4.69) is 17.6 Å². The topological polar surface area (TPSA) is 59.6 Å². The van der Waals surface area contributed by atoms with E-state index >= 15 is 0 Å². The fourth-order valence-corrected chi connectivity index (χ4v) is 2.56. The lowest BCUT2D eigenvalue weighted by Crippen LogP contribution is -2.54. The molecule has 18 heavy (non-hydrogen) atoms. The van der Waals surface area contributed by atoms with Crippen LogP contribution in [0, 0.1) is 5.41 Å². The molecule has 2 unspecified atom stereocenters. The molecule has 106 valence electrons. The molecule has 1 saturated heterocycles. The molecule has 1 aliphatic rings. The molecule has 1 heterocycles. The highest BCUT2D eigenvalue weighted by Crippen LogP contribution is 2.30. The lowest BCUT2D eigenvalue weighted by Gasteiger charge is -2.37. The summed E-state index contributed by atoms with van der Waals surface area (Å²) in [4.78, 5) is 12.4. The number of piperidine rings is 1. The highest BCUT2D eigenvalue weighted by molar-refractivity contribution is 5.83. The Bertz CT molecular complexity index is 261. The average molecular weight is 258 g/mol. The van der Waals surface area contributed by atoms with E-state index in [4.69, 9.17) is 9.47 Å². The summed E-state index contributed by atoms with van der Waals surface area (Å²) in [5.41, 5.74) is -0.279. The number of ether oxygens (including phenoxy) is 2. The normalized spacial score (nSPS) is 26.1. The molecule has 0 aliphatic carbocycles. The van der Waals surface area contributed by atoms with Crippen molar-refractivity contribution < 1.29 is 14.3 Å². The van der Waals surface area contributed by atoms with Gasteiger partial charge in [-0.1, -0.05) is 6.92 Å². The van der Waals surface area contributed by atoms with Crippen LogP contribution in [0.25, 0.3) is 0 Å². The Hall–Kier alpha value is -0.650. The van der Waals surface area contributed by atoms with Crippen LogP contribution in [0.15, 0.2) is 0 Å². The van der Waals surface area contributed by atoms with Crippen molar-refractivity contribution in [3.8, 4) is 0 Å². The maximum atomic E-state index is 12.4. The van der Waals surface area contributed by atoms with E-state index in [1.807, 2.05) is 6.92 Å². The predicted molar refractivity (Wildman–Crippen MR) is 70.2 cm³/mol. The van der Waals surface area contributed by atoms with Gasteiger partial charge < -0.3 is 20.1 Å². The van der Waals surface area contributed by atoms with Crippen LogP contribution >= 0.6 is 0 Å². The third kappa shape index (κ3) is 3.43. The van der Waals surface area contributed by atoms with E-state index in [1.165, 1.54) is 0 Å². The molecular formula is C13H26N2O3. The van der Waals surface area contributed by atoms with Gasteiger partial charge in [-0.25, -0.2) is 0 Å². The van der Waals surface area contributed by atoms with Gasteiger partial charge in [0, 0.05) is 20.8 Å². The summed E-state index contributed by atoms with van der Waals surface area (Å²) in [6.45, 7) is 5.73. The van der Waals surface area contributed by atoms with Crippen LogP contribution in [0.1, 0.15) is 33.1 Å². The molecule has 0 spiro atoms. The minimum absolute atomic E-state index is 0.101. The predicted octanol–water partition coefficient (Wildman–Crippen LogP) is 0.890. The van der Waals surface area contributed by atoms with Crippen molar-refractivity contribution in [2.75, 3.05) is 27.3 Å². The Morgan fingerprint density at radius 3 is 2.56 bits per heavy atom. The van der Waals surface area contributed by atoms with Crippen molar-refractivity contribution in [2.24, 2.45) is 5.41 Å². The molecule has 0 radical (unpaired) electrons. The van der Waals surface area contributed by atoms with Gasteiger partial charge in [0.05, 0.1) is 11.5 Å². The van der Waals surface area contributed by atoms with Crippen molar-refractivity contribution >= 4 is 5.91 Å². The molecule has 2 atom stereocenters. The van der Waals surface area contributed by atoms with Crippen LogP contribution in [0.3, 0.4) is 0 Å². The fourth-order valence-electron chi connectivity index (χ4n) is 2.56. The Balaban J connectivity index is 2.61. The van der Waals surface area contributed by atoms with E-state index in [-0.39, 0.29) is 17.4 Å². The second-order valence-electron chi connectivity index (χ2n) is 5.02. The highest BCUT2D eigenvalue weighted by Gasteiger charge is 2.38. The Labute approximate surface area is 110 Å². The van der Waals surface area contributed by atoms with Crippen molar-refractivity contribution in [3.63, 3.8) is 0 Å². The molecule has 1 amide bonds. The minimum Gasteiger partial charge on any atom is -0.354 e. The molecule has 5 nitrogen and oxygen atoms in total. The van der Waals surface area contributed by atoms with E-state index < -0.39 is 6.29 Å². The minimum atomic E-state index is -0.403. The van der Waals surface area contributed by atoms with E-state index in [0.29, 0.717) is 0 Å². The second-order valence-corrected chi connectivity index (χ2v) is 5.02. The number of carbonyl (C=O) groups excluding carboxylic acids is 1. The number of hydrogen-bond acceptors (Lipinski definition) is 4. The van der Waals surface area contributed by atoms with Crippen molar-refractivity contribution in [1.82, 2.24) is 10.6 Å². The van der Waals surface area contributed by atoms with Gasteiger partial charge in [-0.15, -0.1) is 0 Å². The number of carbonyl (C=O) groups is 1. The summed E-state index contributed by atoms with van der Waals surface area (Å²) in [5, 5.41) is 6.33. The molecule has 0 saturated carbocycles. The molecule has 1 fully saturated rings. The van der Waals surface area contributed by atoms with Gasteiger partial charge in [0.1, 0.15) is 0 Å². The van der Waals surface area contributed by atoms with Gasteiger partial charge in [-0.05, 0) is 32.7 Å². The molecule has 5 heteroatoms. The monoisotopic (exact) mass is 258 g/mol. The lowest BCUT2D eigenvalue weighted by atomic mass is 9.77. The van der Waals surface area contributed by atoms with Gasteiger partial charge in [-0.2, -0.15) is 0 Å². The third-order valence-corrected chi connectivity index (χ3v) is 3.86. The highest BCUT2D eigenvalue weighted by atomic mass is 16.7. The zero-order valence-electron chi connectivity index (χ0n) is 11.9. The Morgan fingerprint density at radius 1 is 1.44 bits per heavy atom. The second kappa shape index (κ2) is 7.07. The fraction of sp³-hybridized carbons (Fsp3) is 0.923. The average Bonchev–Trinajstić information content (AvgIpc) is 2.40. The first-order chi connectivity index (χ1) is 8.59. The molecule has 0 aromatic carbocycles. The SMILES string of the molecule is CCC1(C(=O)NC(C)C(OC)OC)CCCNC1. The lowest BCUT2D eigenvalue weighted by molar-refractivity contribution is -0.144. The summed E-state index contributed by atoms with van der Waals surface area (Å²) in [6.07, 6.45) is 2.44. The summed E-state index contributed by atoms with van der Waals surface area (Å²) < 4.78 is 10.3. The van der Waals surface area contributed by atoms with Gasteiger partial charge in [0.2, 0.25) is 5.91 Å².